The summed E-state index contributed by atoms with van der Waals surface area (Å²) >= 11 is 11.9. The number of nitrogens with zero attached hydrogens (tertiary/aromatic N) is 2. The maximum absolute atomic E-state index is 12.3. The molecule has 1 atom stereocenters. The van der Waals surface area contributed by atoms with E-state index in [1.165, 1.54) is 18.0 Å². The van der Waals surface area contributed by atoms with E-state index in [9.17, 15) is 9.90 Å². The van der Waals surface area contributed by atoms with Crippen LogP contribution in [0.1, 0.15) is 6.42 Å². The number of halogens is 2. The van der Waals surface area contributed by atoms with E-state index in [-0.39, 0.29) is 11.6 Å². The third-order valence-electron chi connectivity index (χ3n) is 3.14. The summed E-state index contributed by atoms with van der Waals surface area (Å²) in [6.07, 6.45) is 1.36. The number of anilines is 1. The van der Waals surface area contributed by atoms with Gasteiger partial charge >= 0.3 is 0 Å². The monoisotopic (exact) mass is 357 g/mol. The fourth-order valence-electron chi connectivity index (χ4n) is 1.97. The lowest BCUT2D eigenvalue weighted by Crippen LogP contribution is -2.24. The van der Waals surface area contributed by atoms with Crippen molar-refractivity contribution in [2.24, 2.45) is 0 Å². The zero-order chi connectivity index (χ0) is 16.8. The molecule has 0 aliphatic rings. The van der Waals surface area contributed by atoms with Gasteiger partial charge in [0, 0.05) is 18.7 Å². The number of hydrogen-bond acceptors (Lipinski definition) is 5. The highest BCUT2D eigenvalue weighted by molar-refractivity contribution is 6.33. The van der Waals surface area contributed by atoms with Gasteiger partial charge < -0.3 is 15.2 Å². The Hall–Kier alpha value is -1.60. The van der Waals surface area contributed by atoms with Crippen LogP contribution in [0, 0.1) is 0 Å². The van der Waals surface area contributed by atoms with E-state index in [0.29, 0.717) is 29.4 Å². The Labute approximate surface area is 143 Å². The molecule has 6 nitrogen and oxygen atoms in total. The maximum atomic E-state index is 12.3. The minimum Gasteiger partial charge on any atom is -0.391 e. The van der Waals surface area contributed by atoms with Gasteiger partial charge in [-0.25, -0.2) is 0 Å². The Kier molecular flexibility index (Phi) is 6.41. The Morgan fingerprint density at radius 1 is 1.35 bits per heavy atom. The third-order valence-corrected chi connectivity index (χ3v) is 3.76. The smallest absolute Gasteiger partial charge is 0.292 e. The molecular formula is C15H17Cl2N3O3. The number of benzene rings is 1. The highest BCUT2D eigenvalue weighted by Gasteiger charge is 2.11. The summed E-state index contributed by atoms with van der Waals surface area (Å²) in [5.74, 6) is 0. The first-order valence-electron chi connectivity index (χ1n) is 6.97. The standard InChI is InChI=1S/C15H17Cl2N3O3/c1-23-9-12(21)6-7-18-13-8-19-20(15(22)14(13)17)11-4-2-10(16)3-5-11/h2-5,8,12,18,21H,6-7,9H2,1H3. The van der Waals surface area contributed by atoms with Crippen LogP contribution in [0.3, 0.4) is 0 Å². The number of aliphatic hydroxyl groups is 1. The van der Waals surface area contributed by atoms with Gasteiger partial charge in [-0.3, -0.25) is 4.79 Å². The summed E-state index contributed by atoms with van der Waals surface area (Å²) in [5.41, 5.74) is 0.561. The van der Waals surface area contributed by atoms with Crippen molar-refractivity contribution in [3.8, 4) is 5.69 Å². The molecule has 0 radical (unpaired) electrons. The zero-order valence-electron chi connectivity index (χ0n) is 12.5. The second kappa shape index (κ2) is 8.31. The molecule has 0 amide bonds. The minimum absolute atomic E-state index is 0.0381. The van der Waals surface area contributed by atoms with Crippen molar-refractivity contribution in [3.05, 3.63) is 50.9 Å². The molecule has 2 N–H and O–H groups in total. The lowest BCUT2D eigenvalue weighted by atomic mass is 10.2. The lowest BCUT2D eigenvalue weighted by molar-refractivity contribution is 0.0615. The molecule has 1 aromatic heterocycles. The highest BCUT2D eigenvalue weighted by atomic mass is 35.5. The number of hydrogen-bond donors (Lipinski definition) is 2. The van der Waals surface area contributed by atoms with E-state index < -0.39 is 11.7 Å². The van der Waals surface area contributed by atoms with Crippen molar-refractivity contribution >= 4 is 28.9 Å². The fourth-order valence-corrected chi connectivity index (χ4v) is 2.29. The van der Waals surface area contributed by atoms with Crippen LogP contribution < -0.4 is 10.9 Å². The number of aliphatic hydroxyl groups excluding tert-OH is 1. The van der Waals surface area contributed by atoms with Crippen LogP contribution >= 0.6 is 23.2 Å². The van der Waals surface area contributed by atoms with Crippen molar-refractivity contribution in [2.75, 3.05) is 25.6 Å². The van der Waals surface area contributed by atoms with Crippen LogP contribution in [0.15, 0.2) is 35.3 Å². The van der Waals surface area contributed by atoms with E-state index in [2.05, 4.69) is 10.4 Å². The van der Waals surface area contributed by atoms with Crippen LogP contribution in [0.5, 0.6) is 0 Å². The van der Waals surface area contributed by atoms with Crippen molar-refractivity contribution < 1.29 is 9.84 Å². The highest BCUT2D eigenvalue weighted by Crippen LogP contribution is 2.17. The van der Waals surface area contributed by atoms with E-state index in [1.54, 1.807) is 24.3 Å². The number of nitrogens with one attached hydrogen (secondary N) is 1. The van der Waals surface area contributed by atoms with E-state index in [4.69, 9.17) is 27.9 Å². The summed E-state index contributed by atoms with van der Waals surface area (Å²) in [5, 5.41) is 17.3. The Morgan fingerprint density at radius 3 is 2.70 bits per heavy atom. The molecule has 23 heavy (non-hydrogen) atoms. The van der Waals surface area contributed by atoms with Crippen molar-refractivity contribution in [1.29, 1.82) is 0 Å². The predicted molar refractivity (Wildman–Crippen MR) is 90.8 cm³/mol. The number of ether oxygens (including phenoxy) is 1. The van der Waals surface area contributed by atoms with Crippen molar-refractivity contribution in [1.82, 2.24) is 9.78 Å². The first kappa shape index (κ1) is 17.7. The summed E-state index contributed by atoms with van der Waals surface area (Å²) in [6.45, 7) is 0.697. The molecule has 1 aromatic carbocycles. The quantitative estimate of drug-likeness (QED) is 0.795. The van der Waals surface area contributed by atoms with Gasteiger partial charge in [-0.2, -0.15) is 9.78 Å². The molecule has 8 heteroatoms. The van der Waals surface area contributed by atoms with Gasteiger partial charge in [-0.15, -0.1) is 0 Å². The third kappa shape index (κ3) is 4.68. The molecule has 124 valence electrons. The van der Waals surface area contributed by atoms with Crippen LogP contribution in [0.2, 0.25) is 10.0 Å². The Balaban J connectivity index is 2.11. The number of aromatic nitrogens is 2. The predicted octanol–water partition coefficient (Wildman–Crippen LogP) is 2.35. The van der Waals surface area contributed by atoms with Crippen LogP contribution in [0.25, 0.3) is 5.69 Å². The molecule has 0 aliphatic heterocycles. The molecule has 1 unspecified atom stereocenters. The van der Waals surface area contributed by atoms with Gasteiger partial charge in [-0.1, -0.05) is 23.2 Å². The summed E-state index contributed by atoms with van der Waals surface area (Å²) in [6, 6.07) is 6.70. The average molecular weight is 358 g/mol. The molecule has 0 bridgehead atoms. The number of methoxy groups -OCH3 is 1. The molecule has 0 fully saturated rings. The lowest BCUT2D eigenvalue weighted by Gasteiger charge is -2.12. The van der Waals surface area contributed by atoms with E-state index in [1.807, 2.05) is 0 Å². The topological polar surface area (TPSA) is 76.4 Å². The van der Waals surface area contributed by atoms with Gasteiger partial charge in [0.15, 0.2) is 0 Å². The summed E-state index contributed by atoms with van der Waals surface area (Å²) in [7, 11) is 1.52. The summed E-state index contributed by atoms with van der Waals surface area (Å²) in [4.78, 5) is 12.3. The zero-order valence-corrected chi connectivity index (χ0v) is 14.0. The molecule has 1 heterocycles. The number of rotatable bonds is 7. The second-order valence-corrected chi connectivity index (χ2v) is 5.70. The average Bonchev–Trinajstić information content (AvgIpc) is 2.53. The molecule has 0 saturated heterocycles. The van der Waals surface area contributed by atoms with Gasteiger partial charge in [0.1, 0.15) is 5.02 Å². The molecule has 2 aromatic rings. The molecule has 0 spiro atoms. The normalized spacial score (nSPS) is 12.2. The van der Waals surface area contributed by atoms with Crippen LogP contribution in [-0.2, 0) is 4.74 Å². The van der Waals surface area contributed by atoms with Crippen molar-refractivity contribution in [3.63, 3.8) is 0 Å². The maximum Gasteiger partial charge on any atom is 0.292 e. The van der Waals surface area contributed by atoms with Gasteiger partial charge in [0.05, 0.1) is 30.3 Å². The SMILES string of the molecule is COCC(O)CCNc1cnn(-c2ccc(Cl)cc2)c(=O)c1Cl. The second-order valence-electron chi connectivity index (χ2n) is 4.89. The summed E-state index contributed by atoms with van der Waals surface area (Å²) < 4.78 is 6.04. The molecule has 2 rings (SSSR count). The first-order chi connectivity index (χ1) is 11.0. The van der Waals surface area contributed by atoms with Gasteiger partial charge in [0.25, 0.3) is 5.56 Å². The molecule has 0 aliphatic carbocycles. The minimum atomic E-state index is -0.575. The van der Waals surface area contributed by atoms with Gasteiger partial charge in [-0.05, 0) is 30.7 Å². The largest absolute Gasteiger partial charge is 0.391 e. The van der Waals surface area contributed by atoms with Gasteiger partial charge in [0.2, 0.25) is 0 Å². The molecular weight excluding hydrogens is 341 g/mol. The first-order valence-corrected chi connectivity index (χ1v) is 7.73. The Morgan fingerprint density at radius 2 is 2.04 bits per heavy atom. The van der Waals surface area contributed by atoms with Crippen LogP contribution in [0.4, 0.5) is 5.69 Å². The Bertz CT molecular complexity index is 704. The van der Waals surface area contributed by atoms with Crippen molar-refractivity contribution in [2.45, 2.75) is 12.5 Å². The van der Waals surface area contributed by atoms with Crippen LogP contribution in [-0.4, -0.2) is 41.3 Å². The molecule has 0 saturated carbocycles. The van der Waals surface area contributed by atoms with E-state index in [0.717, 1.165) is 0 Å². The van der Waals surface area contributed by atoms with E-state index >= 15 is 0 Å². The fraction of sp³-hybridized carbons (Fsp3) is 0.333.